The fraction of sp³-hybridized carbons (Fsp3) is 0.364. The van der Waals surface area contributed by atoms with E-state index < -0.39 is 17.8 Å². The predicted molar refractivity (Wildman–Crippen MR) is 119 cm³/mol. The van der Waals surface area contributed by atoms with Gasteiger partial charge in [0.25, 0.3) is 0 Å². The predicted octanol–water partition coefficient (Wildman–Crippen LogP) is 3.38. The van der Waals surface area contributed by atoms with E-state index in [0.29, 0.717) is 21.8 Å². The summed E-state index contributed by atoms with van der Waals surface area (Å²) in [5.41, 5.74) is 4.65. The van der Waals surface area contributed by atoms with Gasteiger partial charge in [-0.05, 0) is 74.9 Å². The Hall–Kier alpha value is -3.20. The molecule has 0 saturated heterocycles. The number of hydrazone groups is 1. The molecule has 1 aliphatic carbocycles. The van der Waals surface area contributed by atoms with Gasteiger partial charge in [0, 0.05) is 4.88 Å². The monoisotopic (exact) mass is 443 g/mol. The SMILES string of the molecule is CCOC(=O)c1c(NC(=O)C(=O)NN=C(C)c2ccc(O)cc2)sc2c1CCCCC2. The maximum atomic E-state index is 12.6. The van der Waals surface area contributed by atoms with Gasteiger partial charge in [-0.3, -0.25) is 9.59 Å². The number of hydrogen-bond donors (Lipinski definition) is 3. The third kappa shape index (κ3) is 5.49. The van der Waals surface area contributed by atoms with Crippen LogP contribution in [0.1, 0.15) is 59.5 Å². The molecular weight excluding hydrogens is 418 g/mol. The van der Waals surface area contributed by atoms with Gasteiger partial charge in [0.2, 0.25) is 0 Å². The molecule has 0 radical (unpaired) electrons. The normalized spacial score (nSPS) is 13.7. The van der Waals surface area contributed by atoms with Crippen LogP contribution in [0.2, 0.25) is 0 Å². The minimum absolute atomic E-state index is 0.117. The van der Waals surface area contributed by atoms with Gasteiger partial charge in [0.1, 0.15) is 10.8 Å². The van der Waals surface area contributed by atoms with Crippen molar-refractivity contribution in [2.75, 3.05) is 11.9 Å². The summed E-state index contributed by atoms with van der Waals surface area (Å²) in [5.74, 6) is -2.23. The number of rotatable bonds is 5. The molecule has 0 unspecified atom stereocenters. The fourth-order valence-electron chi connectivity index (χ4n) is 3.36. The van der Waals surface area contributed by atoms with E-state index >= 15 is 0 Å². The van der Waals surface area contributed by atoms with Crippen molar-refractivity contribution in [2.24, 2.45) is 5.10 Å². The summed E-state index contributed by atoms with van der Waals surface area (Å²) in [6, 6.07) is 6.29. The number of phenols is 1. The molecule has 0 spiro atoms. The molecule has 8 nitrogen and oxygen atoms in total. The number of thiophene rings is 1. The van der Waals surface area contributed by atoms with Crippen molar-refractivity contribution in [3.8, 4) is 5.75 Å². The Kier molecular flexibility index (Phi) is 7.41. The lowest BCUT2D eigenvalue weighted by atomic mass is 10.1. The summed E-state index contributed by atoms with van der Waals surface area (Å²) in [6.45, 7) is 3.62. The smallest absolute Gasteiger partial charge is 0.341 e. The number of benzene rings is 1. The number of esters is 1. The summed E-state index contributed by atoms with van der Waals surface area (Å²) in [5, 5.41) is 16.2. The van der Waals surface area contributed by atoms with E-state index in [2.05, 4.69) is 15.8 Å². The molecule has 0 aliphatic heterocycles. The molecule has 0 saturated carbocycles. The summed E-state index contributed by atoms with van der Waals surface area (Å²) in [6.07, 6.45) is 4.67. The van der Waals surface area contributed by atoms with Gasteiger partial charge in [-0.2, -0.15) is 5.10 Å². The summed E-state index contributed by atoms with van der Waals surface area (Å²) < 4.78 is 5.19. The molecular formula is C22H25N3O5S. The van der Waals surface area contributed by atoms with Gasteiger partial charge in [-0.15, -0.1) is 11.3 Å². The minimum atomic E-state index is -0.948. The van der Waals surface area contributed by atoms with Gasteiger partial charge in [-0.25, -0.2) is 10.2 Å². The summed E-state index contributed by atoms with van der Waals surface area (Å²) in [7, 11) is 0. The van der Waals surface area contributed by atoms with E-state index in [1.165, 1.54) is 23.5 Å². The van der Waals surface area contributed by atoms with E-state index in [1.807, 2.05) is 0 Å². The van der Waals surface area contributed by atoms with Crippen LogP contribution in [-0.4, -0.2) is 35.2 Å². The van der Waals surface area contributed by atoms with Crippen LogP contribution < -0.4 is 10.7 Å². The Morgan fingerprint density at radius 3 is 2.52 bits per heavy atom. The Balaban J connectivity index is 1.74. The molecule has 9 heteroatoms. The highest BCUT2D eigenvalue weighted by atomic mass is 32.1. The number of carbonyl (C=O) groups is 3. The molecule has 2 aromatic rings. The van der Waals surface area contributed by atoms with E-state index in [9.17, 15) is 19.5 Å². The quantitative estimate of drug-likeness (QED) is 0.215. The third-order valence-electron chi connectivity index (χ3n) is 4.94. The molecule has 0 fully saturated rings. The number of ether oxygens (including phenoxy) is 1. The highest BCUT2D eigenvalue weighted by molar-refractivity contribution is 7.17. The van der Waals surface area contributed by atoms with E-state index in [4.69, 9.17) is 4.74 Å². The molecule has 164 valence electrons. The Labute approximate surface area is 184 Å². The van der Waals surface area contributed by atoms with Crippen LogP contribution in [0.5, 0.6) is 5.75 Å². The van der Waals surface area contributed by atoms with Gasteiger partial charge < -0.3 is 15.2 Å². The first-order valence-electron chi connectivity index (χ1n) is 10.2. The molecule has 1 aliphatic rings. The third-order valence-corrected chi connectivity index (χ3v) is 6.15. The number of fused-ring (bicyclic) bond motifs is 1. The van der Waals surface area contributed by atoms with Crippen LogP contribution >= 0.6 is 11.3 Å². The fourth-order valence-corrected chi connectivity index (χ4v) is 4.63. The van der Waals surface area contributed by atoms with Gasteiger partial charge in [-0.1, -0.05) is 6.42 Å². The first-order valence-corrected chi connectivity index (χ1v) is 11.0. The number of carbonyl (C=O) groups excluding carboxylic acids is 3. The van der Waals surface area contributed by atoms with Crippen LogP contribution in [-0.2, 0) is 27.2 Å². The molecule has 1 heterocycles. The lowest BCUT2D eigenvalue weighted by molar-refractivity contribution is -0.136. The van der Waals surface area contributed by atoms with Crippen LogP contribution in [0.4, 0.5) is 5.00 Å². The van der Waals surface area contributed by atoms with Crippen molar-refractivity contribution in [1.29, 1.82) is 0 Å². The van der Waals surface area contributed by atoms with Crippen molar-refractivity contribution >= 4 is 39.8 Å². The zero-order chi connectivity index (χ0) is 22.4. The highest BCUT2D eigenvalue weighted by Crippen LogP contribution is 2.38. The van der Waals surface area contributed by atoms with Crippen LogP contribution in [0.15, 0.2) is 29.4 Å². The van der Waals surface area contributed by atoms with E-state index in [0.717, 1.165) is 42.5 Å². The second kappa shape index (κ2) is 10.2. The maximum absolute atomic E-state index is 12.6. The van der Waals surface area contributed by atoms with Crippen LogP contribution in [0.3, 0.4) is 0 Å². The number of nitrogens with one attached hydrogen (secondary N) is 2. The molecule has 0 bridgehead atoms. The van der Waals surface area contributed by atoms with Gasteiger partial charge >= 0.3 is 17.8 Å². The van der Waals surface area contributed by atoms with Gasteiger partial charge in [0.15, 0.2) is 0 Å². The molecule has 3 rings (SSSR count). The number of aryl methyl sites for hydroxylation is 1. The van der Waals surface area contributed by atoms with E-state index in [1.54, 1.807) is 26.0 Å². The van der Waals surface area contributed by atoms with Crippen molar-refractivity contribution in [2.45, 2.75) is 46.0 Å². The first kappa shape index (κ1) is 22.5. The minimum Gasteiger partial charge on any atom is -0.508 e. The standard InChI is InChI=1S/C22H25N3O5S/c1-3-30-22(29)18-16-7-5-4-6-8-17(16)31-21(18)23-19(27)20(28)25-24-13(2)14-9-11-15(26)12-10-14/h9-12,26H,3-8H2,1-2H3,(H,23,27)(H,25,28). The molecule has 31 heavy (non-hydrogen) atoms. The largest absolute Gasteiger partial charge is 0.508 e. The van der Waals surface area contributed by atoms with Crippen molar-refractivity contribution < 1.29 is 24.2 Å². The number of amides is 2. The molecule has 1 aromatic carbocycles. The van der Waals surface area contributed by atoms with E-state index in [-0.39, 0.29) is 12.4 Å². The summed E-state index contributed by atoms with van der Waals surface area (Å²) >= 11 is 1.33. The molecule has 2 amide bonds. The topological polar surface area (TPSA) is 117 Å². The van der Waals surface area contributed by atoms with Crippen LogP contribution in [0, 0.1) is 0 Å². The lowest BCUT2D eigenvalue weighted by Gasteiger charge is -2.08. The number of hydrogen-bond acceptors (Lipinski definition) is 7. The average molecular weight is 444 g/mol. The molecule has 3 N–H and O–H groups in total. The highest BCUT2D eigenvalue weighted by Gasteiger charge is 2.27. The zero-order valence-electron chi connectivity index (χ0n) is 17.5. The lowest BCUT2D eigenvalue weighted by Crippen LogP contribution is -2.33. The second-order valence-electron chi connectivity index (χ2n) is 7.13. The number of phenolic OH excluding ortho intramolecular Hbond substituents is 1. The van der Waals surface area contributed by atoms with Crippen LogP contribution in [0.25, 0.3) is 0 Å². The number of anilines is 1. The number of nitrogens with zero attached hydrogens (tertiary/aromatic N) is 1. The average Bonchev–Trinajstić information content (AvgIpc) is 2.92. The zero-order valence-corrected chi connectivity index (χ0v) is 18.3. The van der Waals surface area contributed by atoms with Crippen molar-refractivity contribution in [3.63, 3.8) is 0 Å². The second-order valence-corrected chi connectivity index (χ2v) is 8.23. The Morgan fingerprint density at radius 2 is 1.81 bits per heavy atom. The molecule has 0 atom stereocenters. The van der Waals surface area contributed by atoms with Gasteiger partial charge in [0.05, 0.1) is 17.9 Å². The Morgan fingerprint density at radius 1 is 1.10 bits per heavy atom. The Bertz CT molecular complexity index is 1010. The summed E-state index contributed by atoms with van der Waals surface area (Å²) in [4.78, 5) is 38.3. The molecule has 1 aromatic heterocycles. The van der Waals surface area contributed by atoms with Crippen molar-refractivity contribution in [1.82, 2.24) is 5.43 Å². The van der Waals surface area contributed by atoms with Crippen molar-refractivity contribution in [3.05, 3.63) is 45.8 Å². The number of aromatic hydroxyl groups is 1. The first-order chi connectivity index (χ1) is 14.9. The maximum Gasteiger partial charge on any atom is 0.341 e.